The van der Waals surface area contributed by atoms with E-state index in [0.717, 1.165) is 11.0 Å². The van der Waals surface area contributed by atoms with Crippen LogP contribution in [0, 0.1) is 6.92 Å². The number of hydrogen-bond acceptors (Lipinski definition) is 5. The van der Waals surface area contributed by atoms with Crippen molar-refractivity contribution in [1.82, 2.24) is 10.2 Å². The average molecular weight is 286 g/mol. The highest BCUT2D eigenvalue weighted by Gasteiger charge is 2.52. The Morgan fingerprint density at radius 2 is 1.57 bits per heavy atom. The van der Waals surface area contributed by atoms with Gasteiger partial charge in [0.2, 0.25) is 11.8 Å². The van der Waals surface area contributed by atoms with E-state index in [0.29, 0.717) is 11.8 Å². The molecule has 0 saturated carbocycles. The van der Waals surface area contributed by atoms with Crippen molar-refractivity contribution in [1.29, 1.82) is 0 Å². The van der Waals surface area contributed by atoms with E-state index in [2.05, 4.69) is 10.2 Å². The Morgan fingerprint density at radius 3 is 2.14 bits per heavy atom. The van der Waals surface area contributed by atoms with Crippen LogP contribution in [0.2, 0.25) is 0 Å². The summed E-state index contributed by atoms with van der Waals surface area (Å²) in [7, 11) is -0.446. The van der Waals surface area contributed by atoms with Gasteiger partial charge in [0.25, 0.3) is 0 Å². The summed E-state index contributed by atoms with van der Waals surface area (Å²) >= 11 is 0. The molecule has 1 aromatic heterocycles. The van der Waals surface area contributed by atoms with E-state index < -0.39 is 7.12 Å². The molecule has 5 nitrogen and oxygen atoms in total. The molecule has 2 aromatic rings. The molecule has 3 rings (SSSR count). The van der Waals surface area contributed by atoms with Crippen molar-refractivity contribution >= 4 is 12.6 Å². The van der Waals surface area contributed by atoms with E-state index in [1.807, 2.05) is 52.0 Å². The lowest BCUT2D eigenvalue weighted by Gasteiger charge is -2.32. The van der Waals surface area contributed by atoms with E-state index in [9.17, 15) is 0 Å². The van der Waals surface area contributed by atoms with Crippen molar-refractivity contribution in [3.8, 4) is 11.5 Å². The standard InChI is InChI=1S/C15H19BN2O3/c1-10-17-18-13(19-10)11-8-6-7-9-12(11)16-20-14(2,3)15(4,5)21-16/h6-9H,1-5H3. The molecule has 6 heteroatoms. The second-order valence-electron chi connectivity index (χ2n) is 6.30. The third kappa shape index (κ3) is 2.38. The molecule has 0 radical (unpaired) electrons. The molecule has 0 aliphatic carbocycles. The van der Waals surface area contributed by atoms with Crippen molar-refractivity contribution in [3.63, 3.8) is 0 Å². The maximum absolute atomic E-state index is 6.11. The number of aryl methyl sites for hydroxylation is 1. The Labute approximate surface area is 124 Å². The Balaban J connectivity index is 2.01. The summed E-state index contributed by atoms with van der Waals surface area (Å²) in [5, 5.41) is 7.98. The van der Waals surface area contributed by atoms with Crippen molar-refractivity contribution in [3.05, 3.63) is 30.2 Å². The zero-order valence-electron chi connectivity index (χ0n) is 13.0. The maximum atomic E-state index is 6.11. The van der Waals surface area contributed by atoms with Gasteiger partial charge in [-0.1, -0.05) is 18.2 Å². The molecule has 1 saturated heterocycles. The van der Waals surface area contributed by atoms with Crippen molar-refractivity contribution in [2.45, 2.75) is 45.8 Å². The van der Waals surface area contributed by atoms with E-state index >= 15 is 0 Å². The minimum atomic E-state index is -0.446. The monoisotopic (exact) mass is 286 g/mol. The molecule has 1 aliphatic rings. The highest BCUT2D eigenvalue weighted by Crippen LogP contribution is 2.37. The van der Waals surface area contributed by atoms with Gasteiger partial charge in [0, 0.05) is 12.5 Å². The summed E-state index contributed by atoms with van der Waals surface area (Å²) < 4.78 is 17.8. The molecular formula is C15H19BN2O3. The van der Waals surface area contributed by atoms with Crippen molar-refractivity contribution in [2.24, 2.45) is 0 Å². The molecule has 0 amide bonds. The molecule has 0 bridgehead atoms. The second kappa shape index (κ2) is 4.68. The summed E-state index contributed by atoms with van der Waals surface area (Å²) in [6.45, 7) is 9.91. The fourth-order valence-electron chi connectivity index (χ4n) is 2.27. The van der Waals surface area contributed by atoms with E-state index in [-0.39, 0.29) is 11.2 Å². The number of hydrogen-bond donors (Lipinski definition) is 0. The number of rotatable bonds is 2. The number of nitrogens with zero attached hydrogens (tertiary/aromatic N) is 2. The van der Waals surface area contributed by atoms with Crippen LogP contribution in [-0.2, 0) is 9.31 Å². The predicted molar refractivity (Wildman–Crippen MR) is 80.2 cm³/mol. The SMILES string of the molecule is Cc1nnc(-c2ccccc2B2OC(C)(C)C(C)(C)O2)o1. The smallest absolute Gasteiger partial charge is 0.421 e. The molecule has 1 aromatic carbocycles. The summed E-state index contributed by atoms with van der Waals surface area (Å²) in [6.07, 6.45) is 0. The normalized spacial score (nSPS) is 20.0. The molecule has 1 fully saturated rings. The molecule has 0 atom stereocenters. The summed E-state index contributed by atoms with van der Waals surface area (Å²) in [4.78, 5) is 0. The van der Waals surface area contributed by atoms with Gasteiger partial charge in [0.05, 0.1) is 11.2 Å². The topological polar surface area (TPSA) is 57.4 Å². The molecule has 0 spiro atoms. The Hall–Kier alpha value is -1.66. The maximum Gasteiger partial charge on any atom is 0.495 e. The van der Waals surface area contributed by atoms with Gasteiger partial charge >= 0.3 is 7.12 Å². The van der Waals surface area contributed by atoms with Gasteiger partial charge in [-0.05, 0) is 39.2 Å². The molecular weight excluding hydrogens is 267 g/mol. The van der Waals surface area contributed by atoms with Crippen molar-refractivity contribution in [2.75, 3.05) is 0 Å². The molecule has 2 heterocycles. The van der Waals surface area contributed by atoms with Crippen LogP contribution < -0.4 is 5.46 Å². The van der Waals surface area contributed by atoms with E-state index in [4.69, 9.17) is 13.7 Å². The molecule has 0 unspecified atom stereocenters. The summed E-state index contributed by atoms with van der Waals surface area (Å²) in [5.74, 6) is 1.02. The van der Waals surface area contributed by atoms with Crippen LogP contribution in [0.4, 0.5) is 0 Å². The van der Waals surface area contributed by atoms with E-state index in [1.165, 1.54) is 0 Å². The first-order chi connectivity index (χ1) is 9.80. The first kappa shape index (κ1) is 14.3. The van der Waals surface area contributed by atoms with Gasteiger partial charge in [-0.15, -0.1) is 10.2 Å². The van der Waals surface area contributed by atoms with Crippen LogP contribution in [0.3, 0.4) is 0 Å². The van der Waals surface area contributed by atoms with Crippen LogP contribution in [0.15, 0.2) is 28.7 Å². The number of aromatic nitrogens is 2. The largest absolute Gasteiger partial charge is 0.495 e. The Kier molecular flexibility index (Phi) is 3.18. The lowest BCUT2D eigenvalue weighted by molar-refractivity contribution is 0.00578. The third-order valence-corrected chi connectivity index (χ3v) is 4.22. The lowest BCUT2D eigenvalue weighted by Crippen LogP contribution is -2.41. The first-order valence-electron chi connectivity index (χ1n) is 7.05. The second-order valence-corrected chi connectivity index (χ2v) is 6.30. The number of benzene rings is 1. The highest BCUT2D eigenvalue weighted by atomic mass is 16.7. The van der Waals surface area contributed by atoms with Gasteiger partial charge in [-0.3, -0.25) is 0 Å². The van der Waals surface area contributed by atoms with Gasteiger partial charge in [0.15, 0.2) is 0 Å². The Morgan fingerprint density at radius 1 is 0.952 bits per heavy atom. The third-order valence-electron chi connectivity index (χ3n) is 4.22. The van der Waals surface area contributed by atoms with Crippen LogP contribution >= 0.6 is 0 Å². The lowest BCUT2D eigenvalue weighted by atomic mass is 9.76. The predicted octanol–water partition coefficient (Wildman–Crippen LogP) is 2.34. The quantitative estimate of drug-likeness (QED) is 0.793. The van der Waals surface area contributed by atoms with Crippen LogP contribution in [0.5, 0.6) is 0 Å². The molecule has 110 valence electrons. The Bertz CT molecular complexity index is 650. The first-order valence-corrected chi connectivity index (χ1v) is 7.05. The molecule has 1 aliphatic heterocycles. The molecule has 21 heavy (non-hydrogen) atoms. The van der Waals surface area contributed by atoms with Gasteiger partial charge in [-0.2, -0.15) is 0 Å². The van der Waals surface area contributed by atoms with Gasteiger partial charge in [-0.25, -0.2) is 0 Å². The minimum absolute atomic E-state index is 0.379. The van der Waals surface area contributed by atoms with Crippen molar-refractivity contribution < 1.29 is 13.7 Å². The van der Waals surface area contributed by atoms with Crippen LogP contribution in [0.25, 0.3) is 11.5 Å². The summed E-state index contributed by atoms with van der Waals surface area (Å²) in [6, 6.07) is 7.79. The summed E-state index contributed by atoms with van der Waals surface area (Å²) in [5.41, 5.74) is 0.988. The minimum Gasteiger partial charge on any atom is -0.421 e. The van der Waals surface area contributed by atoms with E-state index in [1.54, 1.807) is 6.92 Å². The van der Waals surface area contributed by atoms with Crippen LogP contribution in [0.1, 0.15) is 33.6 Å². The zero-order chi connectivity index (χ0) is 15.3. The zero-order valence-corrected chi connectivity index (χ0v) is 13.0. The fraction of sp³-hybridized carbons (Fsp3) is 0.467. The van der Waals surface area contributed by atoms with Crippen LogP contribution in [-0.4, -0.2) is 28.5 Å². The molecule has 0 N–H and O–H groups in total. The average Bonchev–Trinajstić information content (AvgIpc) is 2.92. The van der Waals surface area contributed by atoms with Gasteiger partial charge in [0.1, 0.15) is 0 Å². The fourth-order valence-corrected chi connectivity index (χ4v) is 2.27. The highest BCUT2D eigenvalue weighted by molar-refractivity contribution is 6.63. The van der Waals surface area contributed by atoms with Gasteiger partial charge < -0.3 is 13.7 Å².